The Balaban J connectivity index is 0.00000162. The number of ether oxygens (including phenoxy) is 1. The number of rotatable bonds is 3. The molecule has 2 aliphatic rings. The number of carboxylic acid groups (broad SMARTS) is 1. The van der Waals surface area contributed by atoms with Gasteiger partial charge in [0.2, 0.25) is 5.91 Å². The average molecular weight is 279 g/mol. The van der Waals surface area contributed by atoms with Gasteiger partial charge in [-0.15, -0.1) is 0 Å². The fourth-order valence-electron chi connectivity index (χ4n) is 2.79. The molecule has 0 bridgehead atoms. The zero-order chi connectivity index (χ0) is 12.9. The van der Waals surface area contributed by atoms with Gasteiger partial charge in [-0.25, -0.2) is 0 Å². The Labute approximate surface area is 147 Å². The van der Waals surface area contributed by atoms with Crippen molar-refractivity contribution >= 4 is 11.9 Å². The summed E-state index contributed by atoms with van der Waals surface area (Å²) in [5.41, 5.74) is -0.202. The Bertz CT molecular complexity index is 420. The molecule has 7 heteroatoms. The molecule has 1 saturated heterocycles. The van der Waals surface area contributed by atoms with Gasteiger partial charge in [0.15, 0.2) is 0 Å². The number of carboxylic acids is 1. The van der Waals surface area contributed by atoms with Crippen molar-refractivity contribution in [2.45, 2.75) is 26.0 Å². The molecule has 18 heavy (non-hydrogen) atoms. The van der Waals surface area contributed by atoms with Gasteiger partial charge in [0.05, 0.1) is 31.1 Å². The van der Waals surface area contributed by atoms with Gasteiger partial charge in [-0.05, 0) is 6.92 Å². The van der Waals surface area contributed by atoms with Gasteiger partial charge in [-0.3, -0.25) is 4.79 Å². The molecule has 1 amide bonds. The molecule has 0 saturated carbocycles. The molecule has 0 radical (unpaired) electrons. The van der Waals surface area contributed by atoms with E-state index in [1.165, 1.54) is 14.0 Å². The number of fused-ring (bicyclic) bond motifs is 1. The number of carbonyl (C=O) groups is 2. The van der Waals surface area contributed by atoms with Crippen molar-refractivity contribution in [2.24, 2.45) is 11.8 Å². The van der Waals surface area contributed by atoms with E-state index in [4.69, 9.17) is 4.74 Å². The minimum Gasteiger partial charge on any atom is -0.543 e. The molecule has 0 aliphatic carbocycles. The third-order valence-corrected chi connectivity index (χ3v) is 3.52. The molecular formula is C11H14KNO5. The summed E-state index contributed by atoms with van der Waals surface area (Å²) in [5.74, 6) is -2.37. The smallest absolute Gasteiger partial charge is 0.543 e. The molecule has 6 nitrogen and oxygen atoms in total. The second kappa shape index (κ2) is 5.60. The third kappa shape index (κ3) is 2.06. The molecule has 0 aromatic carbocycles. The molecule has 2 aliphatic heterocycles. The molecule has 0 unspecified atom stereocenters. The predicted octanol–water partition coefficient (Wildman–Crippen LogP) is -4.54. The van der Waals surface area contributed by atoms with Crippen LogP contribution in [0.15, 0.2) is 11.5 Å². The Hall–Kier alpha value is 0.0764. The summed E-state index contributed by atoms with van der Waals surface area (Å²) in [5, 5.41) is 20.5. The molecule has 0 spiro atoms. The second-order valence-electron chi connectivity index (χ2n) is 4.46. The first-order chi connectivity index (χ1) is 7.91. The molecule has 2 rings (SSSR count). The summed E-state index contributed by atoms with van der Waals surface area (Å²) in [6.07, 6.45) is -0.801. The monoisotopic (exact) mass is 279 g/mol. The summed E-state index contributed by atoms with van der Waals surface area (Å²) in [6, 6.07) is -0.342. The van der Waals surface area contributed by atoms with E-state index in [-0.39, 0.29) is 80.7 Å². The average Bonchev–Trinajstić information content (AvgIpc) is 2.47. The number of carbonyl (C=O) groups excluding carboxylic acids is 2. The molecule has 1 fully saturated rings. The molecule has 2 heterocycles. The second-order valence-corrected chi connectivity index (χ2v) is 4.46. The number of amides is 1. The number of nitrogens with zero attached hydrogens (tertiary/aromatic N) is 1. The number of β-lactam (4-membered cyclic amide) rings is 1. The Morgan fingerprint density at radius 1 is 1.56 bits per heavy atom. The van der Waals surface area contributed by atoms with Crippen LogP contribution in [0.1, 0.15) is 13.8 Å². The maximum atomic E-state index is 11.8. The molecule has 0 aromatic heterocycles. The Morgan fingerprint density at radius 2 is 2.11 bits per heavy atom. The van der Waals surface area contributed by atoms with Crippen LogP contribution in [0.4, 0.5) is 0 Å². The van der Waals surface area contributed by atoms with Crippen LogP contribution in [0.3, 0.4) is 0 Å². The van der Waals surface area contributed by atoms with Gasteiger partial charge in [0.1, 0.15) is 11.5 Å². The third-order valence-electron chi connectivity index (χ3n) is 3.52. The zero-order valence-electron chi connectivity index (χ0n) is 10.8. The molecule has 0 aromatic rings. The van der Waals surface area contributed by atoms with Crippen molar-refractivity contribution in [1.29, 1.82) is 0 Å². The number of methoxy groups -OCH3 is 1. The van der Waals surface area contributed by atoms with Crippen molar-refractivity contribution in [3.63, 3.8) is 0 Å². The van der Waals surface area contributed by atoms with Gasteiger partial charge in [-0.2, -0.15) is 0 Å². The number of hydrogen-bond acceptors (Lipinski definition) is 5. The summed E-state index contributed by atoms with van der Waals surface area (Å²) in [6.45, 7) is 3.30. The van der Waals surface area contributed by atoms with Gasteiger partial charge in [0, 0.05) is 5.92 Å². The first-order valence-corrected chi connectivity index (χ1v) is 5.42. The zero-order valence-corrected chi connectivity index (χ0v) is 14.0. The van der Waals surface area contributed by atoms with E-state index in [9.17, 15) is 19.8 Å². The minimum atomic E-state index is -1.42. The van der Waals surface area contributed by atoms with E-state index < -0.39 is 18.0 Å². The molecule has 4 atom stereocenters. The molecule has 94 valence electrons. The van der Waals surface area contributed by atoms with Crippen molar-refractivity contribution in [3.05, 3.63) is 11.5 Å². The maximum Gasteiger partial charge on any atom is 1.00 e. The van der Waals surface area contributed by atoms with E-state index in [0.29, 0.717) is 0 Å². The normalized spacial score (nSPS) is 31.4. The van der Waals surface area contributed by atoms with Gasteiger partial charge >= 0.3 is 51.4 Å². The maximum absolute atomic E-state index is 11.8. The van der Waals surface area contributed by atoms with E-state index in [0.717, 1.165) is 4.90 Å². The van der Waals surface area contributed by atoms with Crippen LogP contribution in [0, 0.1) is 11.8 Å². The number of aliphatic hydroxyl groups excluding tert-OH is 1. The fraction of sp³-hybridized carbons (Fsp3) is 0.636. The van der Waals surface area contributed by atoms with Gasteiger partial charge < -0.3 is 24.6 Å². The van der Waals surface area contributed by atoms with Gasteiger partial charge in [0.25, 0.3) is 0 Å². The number of aliphatic hydroxyl groups is 1. The van der Waals surface area contributed by atoms with Crippen molar-refractivity contribution in [1.82, 2.24) is 4.90 Å². The summed E-state index contributed by atoms with van der Waals surface area (Å²) < 4.78 is 5.04. The summed E-state index contributed by atoms with van der Waals surface area (Å²) >= 11 is 0. The SMILES string of the molecule is COC1=C(C(=O)[O-])N2C(=O)[C@H]([C@@H](C)O)[C@H]2[C@@H]1C.[K+]. The van der Waals surface area contributed by atoms with Crippen LogP contribution in [0.25, 0.3) is 0 Å². The van der Waals surface area contributed by atoms with Crippen LogP contribution >= 0.6 is 0 Å². The Morgan fingerprint density at radius 3 is 2.50 bits per heavy atom. The van der Waals surface area contributed by atoms with Gasteiger partial charge in [-0.1, -0.05) is 6.92 Å². The first-order valence-electron chi connectivity index (χ1n) is 5.42. The standard InChI is InChI=1S/C11H15NO5.K/c1-4-7-6(5(2)13)10(14)12(7)8(11(15)16)9(4)17-3;/h4-7,13H,1-3H3,(H,15,16);/q;+1/p-1/t4-,5+,6+,7+;/m0./s1. The fourth-order valence-corrected chi connectivity index (χ4v) is 2.79. The van der Waals surface area contributed by atoms with E-state index in [1.54, 1.807) is 6.92 Å². The van der Waals surface area contributed by atoms with Crippen molar-refractivity contribution in [3.8, 4) is 0 Å². The molecule has 1 N–H and O–H groups in total. The Kier molecular flexibility index (Phi) is 5.02. The first kappa shape index (κ1) is 16.1. The van der Waals surface area contributed by atoms with Crippen LogP contribution in [-0.4, -0.2) is 41.1 Å². The predicted molar refractivity (Wildman–Crippen MR) is 54.0 cm³/mol. The van der Waals surface area contributed by atoms with Crippen LogP contribution in [0.2, 0.25) is 0 Å². The van der Waals surface area contributed by atoms with Crippen molar-refractivity contribution < 1.29 is 75.9 Å². The number of aliphatic carboxylic acids is 1. The van der Waals surface area contributed by atoms with E-state index in [2.05, 4.69) is 0 Å². The topological polar surface area (TPSA) is 89.9 Å². The minimum absolute atomic E-state index is 0. The van der Waals surface area contributed by atoms with E-state index in [1.807, 2.05) is 0 Å². The van der Waals surface area contributed by atoms with Crippen molar-refractivity contribution in [2.75, 3.05) is 7.11 Å². The molecular weight excluding hydrogens is 265 g/mol. The summed E-state index contributed by atoms with van der Waals surface area (Å²) in [7, 11) is 1.36. The van der Waals surface area contributed by atoms with Crippen LogP contribution in [-0.2, 0) is 14.3 Å². The summed E-state index contributed by atoms with van der Waals surface area (Å²) in [4.78, 5) is 24.0. The largest absolute Gasteiger partial charge is 1.00 e. The van der Waals surface area contributed by atoms with E-state index >= 15 is 0 Å². The number of hydrogen-bond donors (Lipinski definition) is 1. The van der Waals surface area contributed by atoms with Crippen LogP contribution < -0.4 is 56.5 Å². The van der Waals surface area contributed by atoms with Crippen LogP contribution in [0.5, 0.6) is 0 Å². The quantitative estimate of drug-likeness (QED) is 0.415.